The molecule has 0 aliphatic heterocycles. The highest BCUT2D eigenvalue weighted by Gasteiger charge is 2.27. The number of carbonyl (C=O) groups excluding carboxylic acids is 3. The average Bonchev–Trinajstić information content (AvgIpc) is 2.44. The Morgan fingerprint density at radius 2 is 1.77 bits per heavy atom. The van der Waals surface area contributed by atoms with E-state index >= 15 is 0 Å². The Balaban J connectivity index is 2.75. The quantitative estimate of drug-likeness (QED) is 0.816. The maximum absolute atomic E-state index is 12.6. The third-order valence-electron chi connectivity index (χ3n) is 2.65. The van der Waals surface area contributed by atoms with Crippen LogP contribution in [0.1, 0.15) is 37.6 Å². The first-order valence-electron chi connectivity index (χ1n) is 6.89. The summed E-state index contributed by atoms with van der Waals surface area (Å²) in [5, 5.41) is 2.37. The van der Waals surface area contributed by atoms with Gasteiger partial charge in [-0.05, 0) is 32.9 Å². The van der Waals surface area contributed by atoms with Gasteiger partial charge >= 0.3 is 5.97 Å². The lowest BCUT2D eigenvalue weighted by Gasteiger charge is -2.22. The second-order valence-corrected chi connectivity index (χ2v) is 5.78. The molecule has 0 aliphatic rings. The Labute approximate surface area is 128 Å². The van der Waals surface area contributed by atoms with Crippen LogP contribution in [0.15, 0.2) is 30.3 Å². The van der Waals surface area contributed by atoms with Gasteiger partial charge in [0, 0.05) is 5.56 Å². The first-order valence-corrected chi connectivity index (χ1v) is 6.89. The molecule has 1 atom stereocenters. The lowest BCUT2D eigenvalue weighted by molar-refractivity contribution is -0.156. The van der Waals surface area contributed by atoms with Crippen LogP contribution >= 0.6 is 0 Å². The summed E-state index contributed by atoms with van der Waals surface area (Å²) in [5.74, 6) is -2.08. The summed E-state index contributed by atoms with van der Waals surface area (Å²) >= 11 is 0. The van der Waals surface area contributed by atoms with Crippen LogP contribution in [-0.2, 0) is 14.3 Å². The number of amides is 1. The molecule has 6 heteroatoms. The van der Waals surface area contributed by atoms with E-state index in [9.17, 15) is 18.8 Å². The first kappa shape index (κ1) is 17.8. The zero-order valence-corrected chi connectivity index (χ0v) is 12.9. The molecule has 0 fully saturated rings. The van der Waals surface area contributed by atoms with Gasteiger partial charge < -0.3 is 10.1 Å². The number of benzene rings is 1. The van der Waals surface area contributed by atoms with E-state index in [1.807, 2.05) is 0 Å². The second-order valence-electron chi connectivity index (χ2n) is 5.78. The molecule has 0 aliphatic carbocycles. The van der Waals surface area contributed by atoms with Crippen LogP contribution < -0.4 is 5.32 Å². The van der Waals surface area contributed by atoms with Crippen molar-refractivity contribution in [3.05, 3.63) is 35.9 Å². The minimum absolute atomic E-state index is 0.323. The Hall–Kier alpha value is -2.24. The van der Waals surface area contributed by atoms with E-state index in [-0.39, 0.29) is 0 Å². The van der Waals surface area contributed by atoms with Crippen molar-refractivity contribution in [3.63, 3.8) is 0 Å². The molecule has 1 rings (SSSR count). The molecule has 0 heterocycles. The summed E-state index contributed by atoms with van der Waals surface area (Å²) in [6, 6.07) is 6.93. The highest BCUT2D eigenvalue weighted by Crippen LogP contribution is 2.10. The predicted octanol–water partition coefficient (Wildman–Crippen LogP) is 2.06. The smallest absolute Gasteiger partial charge is 0.308 e. The number of rotatable bonds is 6. The largest absolute Gasteiger partial charge is 0.460 e. The van der Waals surface area contributed by atoms with E-state index in [2.05, 4.69) is 5.32 Å². The minimum atomic E-state index is -1.26. The number of hydrogen-bond donors (Lipinski definition) is 1. The lowest BCUT2D eigenvalue weighted by atomic mass is 10.1. The number of ether oxygens (including phenoxy) is 1. The average molecular weight is 309 g/mol. The van der Waals surface area contributed by atoms with Crippen LogP contribution in [0, 0.1) is 0 Å². The Morgan fingerprint density at radius 3 is 2.27 bits per heavy atom. The Bertz CT molecular complexity index is 537. The molecular formula is C16H20FNO4. The summed E-state index contributed by atoms with van der Waals surface area (Å²) in [6.07, 6.45) is -0.404. The van der Waals surface area contributed by atoms with Crippen molar-refractivity contribution in [1.82, 2.24) is 5.32 Å². The molecule has 1 N–H and O–H groups in total. The van der Waals surface area contributed by atoms with Crippen molar-refractivity contribution in [1.29, 1.82) is 0 Å². The maximum atomic E-state index is 12.6. The Kier molecular flexibility index (Phi) is 6.22. The molecule has 0 radical (unpaired) electrons. The number of Topliss-reactive ketones (excluding diaryl/α,β-unsaturated/α-hetero) is 1. The molecule has 1 aromatic rings. The number of hydrogen-bond acceptors (Lipinski definition) is 4. The van der Waals surface area contributed by atoms with Crippen LogP contribution in [0.25, 0.3) is 0 Å². The number of halogens is 1. The molecule has 1 aromatic carbocycles. The number of alkyl halides is 1. The molecule has 1 amide bonds. The van der Waals surface area contributed by atoms with Crippen LogP contribution in [0.5, 0.6) is 0 Å². The molecule has 0 saturated carbocycles. The van der Waals surface area contributed by atoms with Crippen molar-refractivity contribution >= 4 is 17.7 Å². The maximum Gasteiger partial charge on any atom is 0.308 e. The molecular weight excluding hydrogens is 289 g/mol. The van der Waals surface area contributed by atoms with E-state index < -0.39 is 42.4 Å². The van der Waals surface area contributed by atoms with Gasteiger partial charge in [0.1, 0.15) is 18.3 Å². The molecule has 0 saturated heterocycles. The number of ketones is 1. The van der Waals surface area contributed by atoms with Crippen molar-refractivity contribution < 1.29 is 23.5 Å². The van der Waals surface area contributed by atoms with E-state index in [1.165, 1.54) is 0 Å². The van der Waals surface area contributed by atoms with Gasteiger partial charge in [0.05, 0.1) is 6.42 Å². The van der Waals surface area contributed by atoms with Gasteiger partial charge in [-0.3, -0.25) is 14.4 Å². The highest BCUT2D eigenvalue weighted by molar-refractivity contribution is 5.99. The zero-order chi connectivity index (χ0) is 16.8. The lowest BCUT2D eigenvalue weighted by Crippen LogP contribution is -2.44. The summed E-state index contributed by atoms with van der Waals surface area (Å²) in [6.45, 7) is 3.78. The third kappa shape index (κ3) is 6.03. The molecule has 0 spiro atoms. The van der Waals surface area contributed by atoms with Crippen molar-refractivity contribution in [2.75, 3.05) is 6.67 Å². The standard InChI is InChI=1S/C16H20FNO4/c1-16(2,3)22-14(20)9-12(13(19)10-17)18-15(21)11-7-5-4-6-8-11/h4-8,12H,9-10H2,1-3H3,(H,18,21). The number of carbonyl (C=O) groups is 3. The van der Waals surface area contributed by atoms with Gasteiger partial charge in [-0.25, -0.2) is 4.39 Å². The fourth-order valence-electron chi connectivity index (χ4n) is 1.72. The second kappa shape index (κ2) is 7.68. The van der Waals surface area contributed by atoms with E-state index in [0.717, 1.165) is 0 Å². The normalized spacial score (nSPS) is 12.4. The fourth-order valence-corrected chi connectivity index (χ4v) is 1.72. The first-order chi connectivity index (χ1) is 10.2. The zero-order valence-electron chi connectivity index (χ0n) is 12.9. The topological polar surface area (TPSA) is 72.5 Å². The Morgan fingerprint density at radius 1 is 1.18 bits per heavy atom. The summed E-state index contributed by atoms with van der Waals surface area (Å²) in [5.41, 5.74) is -0.396. The third-order valence-corrected chi connectivity index (χ3v) is 2.65. The van der Waals surface area contributed by atoms with Crippen LogP contribution in [0.4, 0.5) is 4.39 Å². The van der Waals surface area contributed by atoms with Crippen molar-refractivity contribution in [2.24, 2.45) is 0 Å². The summed E-state index contributed by atoms with van der Waals surface area (Å²) in [4.78, 5) is 35.3. The van der Waals surface area contributed by atoms with Crippen LogP contribution in [0.3, 0.4) is 0 Å². The van der Waals surface area contributed by atoms with Gasteiger partial charge in [-0.15, -0.1) is 0 Å². The van der Waals surface area contributed by atoms with E-state index in [4.69, 9.17) is 4.74 Å². The van der Waals surface area contributed by atoms with Crippen LogP contribution in [-0.4, -0.2) is 36.0 Å². The number of nitrogens with one attached hydrogen (secondary N) is 1. The minimum Gasteiger partial charge on any atom is -0.460 e. The van der Waals surface area contributed by atoms with Gasteiger partial charge in [0.25, 0.3) is 5.91 Å². The van der Waals surface area contributed by atoms with Gasteiger partial charge in [-0.2, -0.15) is 0 Å². The van der Waals surface area contributed by atoms with Crippen LogP contribution in [0.2, 0.25) is 0 Å². The van der Waals surface area contributed by atoms with Gasteiger partial charge in [-0.1, -0.05) is 18.2 Å². The molecule has 22 heavy (non-hydrogen) atoms. The predicted molar refractivity (Wildman–Crippen MR) is 79.1 cm³/mol. The molecule has 0 aromatic heterocycles. The van der Waals surface area contributed by atoms with Crippen molar-refractivity contribution in [2.45, 2.75) is 38.8 Å². The van der Waals surface area contributed by atoms with E-state index in [0.29, 0.717) is 5.56 Å². The number of esters is 1. The summed E-state index contributed by atoms with van der Waals surface area (Å²) in [7, 11) is 0. The fraction of sp³-hybridized carbons (Fsp3) is 0.438. The van der Waals surface area contributed by atoms with Crippen molar-refractivity contribution in [3.8, 4) is 0 Å². The monoisotopic (exact) mass is 309 g/mol. The van der Waals surface area contributed by atoms with E-state index in [1.54, 1.807) is 51.1 Å². The van der Waals surface area contributed by atoms with Gasteiger partial charge in [0.15, 0.2) is 5.78 Å². The highest BCUT2D eigenvalue weighted by atomic mass is 19.1. The SMILES string of the molecule is CC(C)(C)OC(=O)CC(NC(=O)c1ccccc1)C(=O)CF. The summed E-state index contributed by atoms with van der Waals surface area (Å²) < 4.78 is 17.7. The van der Waals surface area contributed by atoms with Gasteiger partial charge in [0.2, 0.25) is 0 Å². The molecule has 1 unspecified atom stereocenters. The molecule has 120 valence electrons. The molecule has 0 bridgehead atoms. The molecule has 5 nitrogen and oxygen atoms in total.